The Bertz CT molecular complexity index is 628. The fraction of sp³-hybridized carbons (Fsp3) is 0.333. The lowest BCUT2D eigenvalue weighted by atomic mass is 10.1. The second-order valence-electron chi connectivity index (χ2n) is 6.05. The van der Waals surface area contributed by atoms with E-state index in [0.717, 1.165) is 9.04 Å². The van der Waals surface area contributed by atoms with Crippen LogP contribution in [0.25, 0.3) is 0 Å². The summed E-state index contributed by atoms with van der Waals surface area (Å²) in [4.78, 5) is 0. The van der Waals surface area contributed by atoms with Crippen LogP contribution < -0.4 is 10.4 Å². The maximum atomic E-state index is 4.11. The van der Waals surface area contributed by atoms with Gasteiger partial charge in [-0.2, -0.15) is 0 Å². The summed E-state index contributed by atoms with van der Waals surface area (Å²) in [5.41, 5.74) is 8.48. The summed E-state index contributed by atoms with van der Waals surface area (Å²) in [6.45, 7) is 13.4. The van der Waals surface area contributed by atoms with Gasteiger partial charge < -0.3 is 0 Å². The Morgan fingerprint density at radius 1 is 0.714 bits per heavy atom. The monoisotopic (exact) mass is 322 g/mol. The third kappa shape index (κ3) is 3.65. The molecule has 0 unspecified atom stereocenters. The van der Waals surface area contributed by atoms with E-state index in [9.17, 15) is 0 Å². The highest BCUT2D eigenvalue weighted by molar-refractivity contribution is 7.43. The zero-order valence-electron chi connectivity index (χ0n) is 13.8. The molecular formula is C18H22Si3. The third-order valence-electron chi connectivity index (χ3n) is 3.85. The van der Waals surface area contributed by atoms with Crippen molar-refractivity contribution in [2.24, 2.45) is 0 Å². The van der Waals surface area contributed by atoms with E-state index in [0.29, 0.717) is 0 Å². The van der Waals surface area contributed by atoms with Crippen molar-refractivity contribution in [2.45, 2.75) is 41.5 Å². The molecule has 21 heavy (non-hydrogen) atoms. The molecule has 6 radical (unpaired) electrons. The van der Waals surface area contributed by atoms with Crippen LogP contribution in [0.3, 0.4) is 0 Å². The number of aryl methyl sites for hydroxylation is 6. The topological polar surface area (TPSA) is 0 Å². The number of hydrogen-bond donors (Lipinski definition) is 0. The molecule has 2 rings (SSSR count). The molecule has 0 amide bonds. The maximum Gasteiger partial charge on any atom is 0.0711 e. The molecule has 0 aliphatic carbocycles. The van der Waals surface area contributed by atoms with Crippen molar-refractivity contribution in [1.29, 1.82) is 0 Å². The van der Waals surface area contributed by atoms with Gasteiger partial charge in [-0.15, -0.1) is 0 Å². The highest BCUT2D eigenvalue weighted by Crippen LogP contribution is 2.08. The first kappa shape index (κ1) is 16.5. The van der Waals surface area contributed by atoms with E-state index >= 15 is 0 Å². The van der Waals surface area contributed by atoms with Crippen molar-refractivity contribution in [2.75, 3.05) is 0 Å². The lowest BCUT2D eigenvalue weighted by Crippen LogP contribution is -2.47. The predicted molar refractivity (Wildman–Crippen MR) is 97.8 cm³/mol. The first-order chi connectivity index (χ1) is 9.79. The van der Waals surface area contributed by atoms with Crippen LogP contribution in [0.5, 0.6) is 0 Å². The minimum atomic E-state index is -0.720. The molecule has 2 aromatic rings. The van der Waals surface area contributed by atoms with E-state index < -0.39 is 7.83 Å². The minimum Gasteiger partial charge on any atom is -0.0624 e. The third-order valence-corrected chi connectivity index (χ3v) is 10.6. The smallest absolute Gasteiger partial charge is 0.0624 e. The van der Waals surface area contributed by atoms with Gasteiger partial charge in [0.05, 0.1) is 16.9 Å². The SMILES string of the molecule is Cc1cc(C)c([Si][Si]([Si])c2c(C)cc(C)cc2C)c(C)c1. The Morgan fingerprint density at radius 3 is 1.52 bits per heavy atom. The fourth-order valence-corrected chi connectivity index (χ4v) is 10.8. The van der Waals surface area contributed by atoms with Crippen molar-refractivity contribution in [3.05, 3.63) is 57.6 Å². The van der Waals surface area contributed by atoms with Crippen LogP contribution in [-0.4, -0.2) is 26.6 Å². The molecule has 0 nitrogen and oxygen atoms in total. The van der Waals surface area contributed by atoms with E-state index in [1.165, 1.54) is 33.4 Å². The average Bonchev–Trinajstić information content (AvgIpc) is 2.32. The zero-order valence-corrected chi connectivity index (χ0v) is 16.8. The highest BCUT2D eigenvalue weighted by Gasteiger charge is 2.17. The summed E-state index contributed by atoms with van der Waals surface area (Å²) in [6.07, 6.45) is 0. The molecule has 0 aromatic heterocycles. The summed E-state index contributed by atoms with van der Waals surface area (Å²) in [5.74, 6) is 0. The molecule has 0 bridgehead atoms. The van der Waals surface area contributed by atoms with Crippen molar-refractivity contribution in [1.82, 2.24) is 0 Å². The molecule has 0 aliphatic heterocycles. The van der Waals surface area contributed by atoms with Crippen LogP contribution in [0.15, 0.2) is 24.3 Å². The van der Waals surface area contributed by atoms with Gasteiger partial charge in [-0.1, -0.05) is 68.0 Å². The van der Waals surface area contributed by atoms with Crippen molar-refractivity contribution in [3.8, 4) is 0 Å². The summed E-state index contributed by atoms with van der Waals surface area (Å²) in [5, 5.41) is 3.10. The highest BCUT2D eigenvalue weighted by atomic mass is 29.5. The predicted octanol–water partition coefficient (Wildman–Crippen LogP) is 2.43. The summed E-state index contributed by atoms with van der Waals surface area (Å²) >= 11 is 0. The lowest BCUT2D eigenvalue weighted by molar-refractivity contribution is 1.35. The van der Waals surface area contributed by atoms with Crippen LogP contribution in [0.4, 0.5) is 0 Å². The van der Waals surface area contributed by atoms with Gasteiger partial charge in [0.2, 0.25) is 0 Å². The molecule has 3 heteroatoms. The van der Waals surface area contributed by atoms with E-state index in [4.69, 9.17) is 0 Å². The Labute approximate surface area is 136 Å². The number of hydrogen-bond acceptors (Lipinski definition) is 0. The second-order valence-corrected chi connectivity index (χ2v) is 13.3. The van der Waals surface area contributed by atoms with Crippen molar-refractivity contribution >= 4 is 37.0 Å². The molecule has 0 atom stereocenters. The van der Waals surface area contributed by atoms with E-state index in [1.54, 1.807) is 10.4 Å². The molecule has 2 aromatic carbocycles. The van der Waals surface area contributed by atoms with Gasteiger partial charge in [0.15, 0.2) is 0 Å². The Hall–Kier alpha value is -0.909. The fourth-order valence-electron chi connectivity index (χ4n) is 3.14. The number of benzene rings is 2. The lowest BCUT2D eigenvalue weighted by Gasteiger charge is -2.19. The van der Waals surface area contributed by atoms with Crippen LogP contribution in [0.2, 0.25) is 0 Å². The van der Waals surface area contributed by atoms with Gasteiger partial charge in [0, 0.05) is 9.76 Å². The molecular weight excluding hydrogens is 300 g/mol. The largest absolute Gasteiger partial charge is 0.0711 e. The molecule has 0 heterocycles. The zero-order chi connectivity index (χ0) is 15.7. The second kappa shape index (κ2) is 6.46. The maximum absolute atomic E-state index is 4.11. The first-order valence-corrected chi connectivity index (χ1v) is 12.3. The molecule has 106 valence electrons. The standard InChI is InChI=1S/C18H22Si3/c1-11-7-13(3)17(14(4)8-11)20-21(19)18-15(5)9-12(2)10-16(18)6/h7-10H,1-6H3. The summed E-state index contributed by atoms with van der Waals surface area (Å²) < 4.78 is 0. The van der Waals surface area contributed by atoms with Crippen molar-refractivity contribution in [3.63, 3.8) is 0 Å². The van der Waals surface area contributed by atoms with Gasteiger partial charge >= 0.3 is 0 Å². The van der Waals surface area contributed by atoms with E-state index in [2.05, 4.69) is 75.6 Å². The quantitative estimate of drug-likeness (QED) is 0.762. The van der Waals surface area contributed by atoms with E-state index in [1.807, 2.05) is 0 Å². The molecule has 0 saturated carbocycles. The van der Waals surface area contributed by atoms with E-state index in [-0.39, 0.29) is 0 Å². The summed E-state index contributed by atoms with van der Waals surface area (Å²) in [6, 6.07) is 9.25. The molecule has 0 N–H and O–H groups in total. The van der Waals surface area contributed by atoms with Crippen molar-refractivity contribution < 1.29 is 0 Å². The molecule has 0 aliphatic rings. The Balaban J connectivity index is 2.37. The van der Waals surface area contributed by atoms with Crippen LogP contribution in [-0.2, 0) is 0 Å². The van der Waals surface area contributed by atoms with Gasteiger partial charge in [-0.3, -0.25) is 0 Å². The van der Waals surface area contributed by atoms with Gasteiger partial charge in [-0.05, 0) is 41.5 Å². The van der Waals surface area contributed by atoms with Crippen LogP contribution in [0, 0.1) is 41.5 Å². The molecule has 0 saturated heterocycles. The first-order valence-electron chi connectivity index (χ1n) is 7.31. The van der Waals surface area contributed by atoms with Crippen LogP contribution >= 0.6 is 0 Å². The summed E-state index contributed by atoms with van der Waals surface area (Å²) in [7, 11) is 4.24. The van der Waals surface area contributed by atoms with Gasteiger partial charge in [-0.25, -0.2) is 0 Å². The minimum absolute atomic E-state index is 0.720. The van der Waals surface area contributed by atoms with Gasteiger partial charge in [0.1, 0.15) is 0 Å². The normalized spacial score (nSPS) is 11.2. The number of rotatable bonds is 3. The average molecular weight is 323 g/mol. The Morgan fingerprint density at radius 2 is 1.10 bits per heavy atom. The Kier molecular flexibility index (Phi) is 5.07. The van der Waals surface area contributed by atoms with Gasteiger partial charge in [0.25, 0.3) is 0 Å². The molecule has 0 fully saturated rings. The van der Waals surface area contributed by atoms with Crippen LogP contribution in [0.1, 0.15) is 33.4 Å². The molecule has 0 spiro atoms.